The second-order valence-electron chi connectivity index (χ2n) is 3.43. The van der Waals surface area contributed by atoms with Gasteiger partial charge in [0.25, 0.3) is 0 Å². The van der Waals surface area contributed by atoms with Crippen LogP contribution in [0.5, 0.6) is 0 Å². The Balaban J connectivity index is 0.000000811. The highest BCUT2D eigenvalue weighted by Gasteiger charge is 2.33. The molecule has 0 aliphatic carbocycles. The fourth-order valence-electron chi connectivity index (χ4n) is 1.87. The molecule has 16 heavy (non-hydrogen) atoms. The Kier molecular flexibility index (Phi) is 4.50. The topological polar surface area (TPSA) is 46.2 Å². The van der Waals surface area contributed by atoms with Gasteiger partial charge in [-0.3, -0.25) is 0 Å². The largest absolute Gasteiger partial charge is 0.309 e. The van der Waals surface area contributed by atoms with Crippen molar-refractivity contribution in [2.75, 3.05) is 12.3 Å². The van der Waals surface area contributed by atoms with Crippen LogP contribution in [0.15, 0.2) is 29.2 Å². The zero-order valence-corrected chi connectivity index (χ0v) is 10.8. The Hall–Kier alpha value is -0.870. The van der Waals surface area contributed by atoms with Crippen molar-refractivity contribution in [2.24, 2.45) is 0 Å². The fourth-order valence-corrected chi connectivity index (χ4v) is 3.64. The van der Waals surface area contributed by atoms with Crippen molar-refractivity contribution in [3.63, 3.8) is 0 Å². The summed E-state index contributed by atoms with van der Waals surface area (Å²) in [7, 11) is -3.04. The number of hydrogen-bond donors (Lipinski definition) is 1. The van der Waals surface area contributed by atoms with Crippen LogP contribution in [0.3, 0.4) is 0 Å². The van der Waals surface area contributed by atoms with E-state index in [9.17, 15) is 8.42 Å². The lowest BCUT2D eigenvalue weighted by Gasteiger charge is -2.09. The summed E-state index contributed by atoms with van der Waals surface area (Å²) in [6, 6.07) is 7.19. The molecule has 92 valence electrons. The van der Waals surface area contributed by atoms with Crippen LogP contribution in [0.25, 0.3) is 0 Å². The van der Waals surface area contributed by atoms with Crippen molar-refractivity contribution in [2.45, 2.75) is 31.7 Å². The van der Waals surface area contributed by atoms with Crippen molar-refractivity contribution >= 4 is 9.84 Å². The van der Waals surface area contributed by atoms with Crippen molar-refractivity contribution in [1.82, 2.24) is 5.32 Å². The summed E-state index contributed by atoms with van der Waals surface area (Å²) in [5, 5.41) is 3.18. The SMILES string of the molecule is CC.CCNC1CS(=O)(=O)c2ccccc21.[HH]. The van der Waals surface area contributed by atoms with Gasteiger partial charge in [-0.05, 0) is 18.2 Å². The molecule has 0 saturated carbocycles. The third-order valence-electron chi connectivity index (χ3n) is 2.47. The molecule has 1 aliphatic heterocycles. The molecule has 1 aliphatic rings. The molecular formula is C12H21NO2S. The Morgan fingerprint density at radius 1 is 1.38 bits per heavy atom. The Morgan fingerprint density at radius 2 is 2.00 bits per heavy atom. The van der Waals surface area contributed by atoms with Gasteiger partial charge in [0, 0.05) is 7.47 Å². The van der Waals surface area contributed by atoms with Crippen molar-refractivity contribution in [1.29, 1.82) is 0 Å². The van der Waals surface area contributed by atoms with Crippen LogP contribution in [-0.4, -0.2) is 20.7 Å². The molecule has 4 heteroatoms. The van der Waals surface area contributed by atoms with E-state index in [0.717, 1.165) is 12.1 Å². The van der Waals surface area contributed by atoms with Crippen molar-refractivity contribution < 1.29 is 9.84 Å². The molecule has 2 rings (SSSR count). The zero-order valence-electron chi connectivity index (χ0n) is 10.0. The summed E-state index contributed by atoms with van der Waals surface area (Å²) < 4.78 is 23.4. The number of benzene rings is 1. The Bertz CT molecular complexity index is 446. The highest BCUT2D eigenvalue weighted by atomic mass is 32.2. The van der Waals surface area contributed by atoms with E-state index in [1.807, 2.05) is 32.9 Å². The molecule has 0 amide bonds. The van der Waals surface area contributed by atoms with Gasteiger partial charge in [-0.25, -0.2) is 8.42 Å². The Morgan fingerprint density at radius 3 is 2.62 bits per heavy atom. The van der Waals surface area contributed by atoms with Crippen molar-refractivity contribution in [3.8, 4) is 0 Å². The maximum atomic E-state index is 11.7. The van der Waals surface area contributed by atoms with Gasteiger partial charge in [-0.15, -0.1) is 0 Å². The Labute approximate surface area is 99.3 Å². The first-order chi connectivity index (χ1) is 7.65. The average Bonchev–Trinajstić information content (AvgIpc) is 2.55. The van der Waals surface area contributed by atoms with Gasteiger partial charge in [0.05, 0.1) is 10.6 Å². The normalized spacial score (nSPS) is 20.8. The lowest BCUT2D eigenvalue weighted by atomic mass is 10.1. The third kappa shape index (κ3) is 2.44. The summed E-state index contributed by atoms with van der Waals surface area (Å²) in [6.45, 7) is 6.77. The van der Waals surface area contributed by atoms with Gasteiger partial charge in [-0.2, -0.15) is 0 Å². The number of rotatable bonds is 2. The lowest BCUT2D eigenvalue weighted by molar-refractivity contribution is 0.579. The molecule has 1 unspecified atom stereocenters. The van der Waals surface area contributed by atoms with E-state index in [2.05, 4.69) is 5.32 Å². The lowest BCUT2D eigenvalue weighted by Crippen LogP contribution is -2.22. The zero-order chi connectivity index (χ0) is 12.2. The van der Waals surface area contributed by atoms with Crippen LogP contribution in [0.4, 0.5) is 0 Å². The first kappa shape index (κ1) is 13.2. The van der Waals surface area contributed by atoms with Crippen LogP contribution < -0.4 is 5.32 Å². The van der Waals surface area contributed by atoms with Gasteiger partial charge in [-0.1, -0.05) is 39.0 Å². The molecule has 1 N–H and O–H groups in total. The van der Waals surface area contributed by atoms with E-state index in [-0.39, 0.29) is 13.2 Å². The first-order valence-corrected chi connectivity index (χ1v) is 7.35. The predicted molar refractivity (Wildman–Crippen MR) is 68.4 cm³/mol. The van der Waals surface area contributed by atoms with E-state index in [0.29, 0.717) is 4.90 Å². The van der Waals surface area contributed by atoms with E-state index in [4.69, 9.17) is 0 Å². The highest BCUT2D eigenvalue weighted by Crippen LogP contribution is 2.32. The van der Waals surface area contributed by atoms with Crippen LogP contribution in [0.1, 0.15) is 33.8 Å². The van der Waals surface area contributed by atoms with E-state index < -0.39 is 9.84 Å². The van der Waals surface area contributed by atoms with E-state index >= 15 is 0 Å². The van der Waals surface area contributed by atoms with Gasteiger partial charge in [0.1, 0.15) is 0 Å². The quantitative estimate of drug-likeness (QED) is 0.867. The van der Waals surface area contributed by atoms with E-state index in [1.54, 1.807) is 12.1 Å². The molecule has 0 saturated heterocycles. The molecule has 1 atom stereocenters. The minimum absolute atomic E-state index is 0. The van der Waals surface area contributed by atoms with Crippen molar-refractivity contribution in [3.05, 3.63) is 29.8 Å². The monoisotopic (exact) mass is 243 g/mol. The maximum absolute atomic E-state index is 11.7. The molecule has 1 heterocycles. The fraction of sp³-hybridized carbons (Fsp3) is 0.500. The first-order valence-electron chi connectivity index (χ1n) is 5.70. The number of hydrogen-bond acceptors (Lipinski definition) is 3. The predicted octanol–water partition coefficient (Wildman–Crippen LogP) is 2.40. The highest BCUT2D eigenvalue weighted by molar-refractivity contribution is 7.91. The summed E-state index contributed by atoms with van der Waals surface area (Å²) in [6.07, 6.45) is 0. The number of nitrogens with one attached hydrogen (secondary N) is 1. The van der Waals surface area contributed by atoms with Crippen LogP contribution in [0.2, 0.25) is 0 Å². The van der Waals surface area contributed by atoms with Gasteiger partial charge >= 0.3 is 0 Å². The summed E-state index contributed by atoms with van der Waals surface area (Å²) in [5.74, 6) is 0.195. The van der Waals surface area contributed by atoms with Crippen LogP contribution in [-0.2, 0) is 9.84 Å². The second-order valence-corrected chi connectivity index (χ2v) is 5.43. The number of fused-ring (bicyclic) bond motifs is 1. The van der Waals surface area contributed by atoms with Gasteiger partial charge in [0.15, 0.2) is 9.84 Å². The number of sulfone groups is 1. The minimum atomic E-state index is -3.04. The summed E-state index contributed by atoms with van der Waals surface area (Å²) in [5.41, 5.74) is 0.911. The molecule has 0 fully saturated rings. The molecule has 1 aromatic carbocycles. The van der Waals surface area contributed by atoms with Crippen LogP contribution >= 0.6 is 0 Å². The molecule has 1 aromatic rings. The van der Waals surface area contributed by atoms with Crippen LogP contribution in [0, 0.1) is 0 Å². The smallest absolute Gasteiger partial charge is 0.180 e. The summed E-state index contributed by atoms with van der Waals surface area (Å²) in [4.78, 5) is 0.492. The second kappa shape index (κ2) is 5.46. The van der Waals surface area contributed by atoms with Gasteiger partial charge in [0.2, 0.25) is 0 Å². The summed E-state index contributed by atoms with van der Waals surface area (Å²) >= 11 is 0. The molecule has 0 radical (unpaired) electrons. The molecule has 3 nitrogen and oxygen atoms in total. The third-order valence-corrected chi connectivity index (χ3v) is 4.28. The standard InChI is InChI=1S/C10H13NO2S.C2H6.H2/c1-2-11-9-7-14(12,13)10-6-4-3-5-8(9)10;1-2;/h3-6,9,11H,2,7H2,1H3;1-2H3;1H. The molecular weight excluding hydrogens is 222 g/mol. The molecule has 0 aromatic heterocycles. The van der Waals surface area contributed by atoms with E-state index in [1.165, 1.54) is 0 Å². The minimum Gasteiger partial charge on any atom is -0.309 e. The van der Waals surface area contributed by atoms with Gasteiger partial charge < -0.3 is 5.32 Å². The maximum Gasteiger partial charge on any atom is 0.180 e. The molecule has 0 bridgehead atoms. The average molecular weight is 243 g/mol. The molecule has 0 spiro atoms.